The van der Waals surface area contributed by atoms with Crippen molar-refractivity contribution in [2.45, 2.75) is 56.9 Å². The standard InChI is InChI=1S/C21H32N2O2.C3H6O2/c1-22-18-7-5-16(6-8-18)9-12-23-13-10-17(11-14-23)19-3-2-4-20-21(19)25-15-24-20;1-5-3-2-4/h2-4,16-18,22H,5-15H2,1H3;2H,3H2,1H3. The number of nitrogens with one attached hydrogen (secondary N) is 1. The highest BCUT2D eigenvalue weighted by atomic mass is 16.7. The largest absolute Gasteiger partial charge is 0.454 e. The van der Waals surface area contributed by atoms with Crippen LogP contribution in [0.4, 0.5) is 0 Å². The highest BCUT2D eigenvalue weighted by Crippen LogP contribution is 2.42. The highest BCUT2D eigenvalue weighted by Gasteiger charge is 2.27. The Balaban J connectivity index is 0.000000461. The molecule has 0 atom stereocenters. The molecule has 3 aliphatic rings. The molecule has 1 aliphatic carbocycles. The van der Waals surface area contributed by atoms with Crippen LogP contribution in [0.2, 0.25) is 0 Å². The number of likely N-dealkylation sites (tertiary alicyclic amines) is 1. The zero-order valence-electron chi connectivity index (χ0n) is 18.6. The van der Waals surface area contributed by atoms with E-state index in [0.717, 1.165) is 23.5 Å². The second-order valence-electron chi connectivity index (χ2n) is 8.61. The van der Waals surface area contributed by atoms with Crippen LogP contribution in [0.1, 0.15) is 56.4 Å². The summed E-state index contributed by atoms with van der Waals surface area (Å²) in [6.07, 6.45) is 10.1. The third-order valence-electron chi connectivity index (χ3n) is 6.80. The van der Waals surface area contributed by atoms with Crippen LogP contribution in [0, 0.1) is 5.92 Å². The summed E-state index contributed by atoms with van der Waals surface area (Å²) < 4.78 is 15.6. The van der Waals surface area contributed by atoms with Gasteiger partial charge in [0, 0.05) is 18.7 Å². The molecular weight excluding hydrogens is 380 g/mol. The van der Waals surface area contributed by atoms with Crippen LogP contribution >= 0.6 is 0 Å². The van der Waals surface area contributed by atoms with Crippen molar-refractivity contribution in [2.75, 3.05) is 47.2 Å². The first-order chi connectivity index (χ1) is 14.7. The van der Waals surface area contributed by atoms with E-state index in [4.69, 9.17) is 9.47 Å². The molecule has 0 unspecified atom stereocenters. The molecule has 0 spiro atoms. The number of para-hydroxylation sites is 1. The fourth-order valence-corrected chi connectivity index (χ4v) is 4.91. The summed E-state index contributed by atoms with van der Waals surface area (Å²) in [5, 5.41) is 3.44. The summed E-state index contributed by atoms with van der Waals surface area (Å²) >= 11 is 0. The van der Waals surface area contributed by atoms with Crippen LogP contribution < -0.4 is 14.8 Å². The van der Waals surface area contributed by atoms with Crippen LogP contribution in [-0.4, -0.2) is 64.4 Å². The van der Waals surface area contributed by atoms with Gasteiger partial charge in [-0.25, -0.2) is 0 Å². The summed E-state index contributed by atoms with van der Waals surface area (Å²) in [7, 11) is 3.59. The lowest BCUT2D eigenvalue weighted by Crippen LogP contribution is -2.35. The van der Waals surface area contributed by atoms with Gasteiger partial charge in [0.1, 0.15) is 12.9 Å². The van der Waals surface area contributed by atoms with Gasteiger partial charge in [-0.2, -0.15) is 0 Å². The molecule has 30 heavy (non-hydrogen) atoms. The molecule has 6 nitrogen and oxygen atoms in total. The van der Waals surface area contributed by atoms with Gasteiger partial charge in [0.05, 0.1) is 0 Å². The number of hydrogen-bond acceptors (Lipinski definition) is 6. The minimum absolute atomic E-state index is 0.208. The maximum Gasteiger partial charge on any atom is 0.231 e. The van der Waals surface area contributed by atoms with Crippen LogP contribution in [-0.2, 0) is 9.53 Å². The summed E-state index contributed by atoms with van der Waals surface area (Å²) in [4.78, 5) is 12.0. The molecule has 1 saturated carbocycles. The molecule has 0 amide bonds. The van der Waals surface area contributed by atoms with Gasteiger partial charge in [-0.15, -0.1) is 0 Å². The van der Waals surface area contributed by atoms with Crippen molar-refractivity contribution in [2.24, 2.45) is 5.92 Å². The van der Waals surface area contributed by atoms with Crippen LogP contribution in [0.25, 0.3) is 0 Å². The number of rotatable bonds is 7. The molecule has 0 bridgehead atoms. The van der Waals surface area contributed by atoms with E-state index in [1.165, 1.54) is 77.3 Å². The molecule has 6 heteroatoms. The number of nitrogens with zero attached hydrogens (tertiary/aromatic N) is 1. The molecule has 2 aliphatic heterocycles. The number of piperidine rings is 1. The molecule has 0 aromatic heterocycles. The quantitative estimate of drug-likeness (QED) is 0.683. The van der Waals surface area contributed by atoms with E-state index in [-0.39, 0.29) is 6.61 Å². The first kappa shape index (κ1) is 23.0. The fourth-order valence-electron chi connectivity index (χ4n) is 4.91. The minimum Gasteiger partial charge on any atom is -0.454 e. The van der Waals surface area contributed by atoms with Crippen LogP contribution in [0.5, 0.6) is 11.5 Å². The Morgan fingerprint density at radius 2 is 1.90 bits per heavy atom. The Labute approximate surface area is 181 Å². The predicted molar refractivity (Wildman–Crippen MR) is 118 cm³/mol. The summed E-state index contributed by atoms with van der Waals surface area (Å²) in [6.45, 7) is 4.32. The Morgan fingerprint density at radius 3 is 2.53 bits per heavy atom. The van der Waals surface area contributed by atoms with E-state index in [9.17, 15) is 4.79 Å². The molecule has 1 aromatic rings. The van der Waals surface area contributed by atoms with Gasteiger partial charge >= 0.3 is 0 Å². The van der Waals surface area contributed by atoms with Gasteiger partial charge in [0.2, 0.25) is 6.79 Å². The molecule has 1 aromatic carbocycles. The lowest BCUT2D eigenvalue weighted by atomic mass is 9.83. The predicted octanol–water partition coefficient (Wildman–Crippen LogP) is 3.59. The minimum atomic E-state index is 0.208. The maximum atomic E-state index is 9.28. The average molecular weight is 419 g/mol. The number of carbonyl (C=O) groups is 1. The van der Waals surface area contributed by atoms with E-state index >= 15 is 0 Å². The molecular formula is C24H38N2O4. The summed E-state index contributed by atoms with van der Waals surface area (Å²) in [5.41, 5.74) is 1.36. The van der Waals surface area contributed by atoms with E-state index in [1.54, 1.807) is 0 Å². The van der Waals surface area contributed by atoms with Crippen LogP contribution in [0.15, 0.2) is 18.2 Å². The van der Waals surface area contributed by atoms with E-state index in [2.05, 4.69) is 34.1 Å². The number of hydrogen-bond donors (Lipinski definition) is 1. The molecule has 1 saturated heterocycles. The lowest BCUT2D eigenvalue weighted by Gasteiger charge is -2.34. The molecule has 168 valence electrons. The second kappa shape index (κ2) is 12.3. The Morgan fingerprint density at radius 1 is 1.13 bits per heavy atom. The smallest absolute Gasteiger partial charge is 0.231 e. The zero-order chi connectivity index (χ0) is 21.2. The van der Waals surface area contributed by atoms with Crippen LogP contribution in [0.3, 0.4) is 0 Å². The number of benzene rings is 1. The topological polar surface area (TPSA) is 60.0 Å². The molecule has 2 heterocycles. The number of carbonyl (C=O) groups excluding carboxylic acids is 1. The van der Waals surface area contributed by atoms with Crippen molar-refractivity contribution in [1.82, 2.24) is 10.2 Å². The van der Waals surface area contributed by atoms with Crippen molar-refractivity contribution in [3.05, 3.63) is 23.8 Å². The normalized spacial score (nSPS) is 24.2. The number of fused-ring (bicyclic) bond motifs is 1. The Bertz CT molecular complexity index is 638. The molecule has 1 N–H and O–H groups in total. The number of aldehydes is 1. The highest BCUT2D eigenvalue weighted by molar-refractivity contribution is 5.50. The van der Waals surface area contributed by atoms with Crippen molar-refractivity contribution in [1.29, 1.82) is 0 Å². The summed E-state index contributed by atoms with van der Waals surface area (Å²) in [5.74, 6) is 3.50. The van der Waals surface area contributed by atoms with Gasteiger partial charge in [-0.3, -0.25) is 0 Å². The summed E-state index contributed by atoms with van der Waals surface area (Å²) in [6, 6.07) is 7.12. The molecule has 2 fully saturated rings. The van der Waals surface area contributed by atoms with Gasteiger partial charge in [-0.05, 0) is 89.5 Å². The van der Waals surface area contributed by atoms with Crippen molar-refractivity contribution in [3.8, 4) is 11.5 Å². The Hall–Kier alpha value is -1.63. The SMILES string of the molecule is CNC1CCC(CCN2CCC(c3cccc4c3OCO4)CC2)CC1.COCC=O. The number of methoxy groups -OCH3 is 1. The van der Waals surface area contributed by atoms with Gasteiger partial charge in [-0.1, -0.05) is 12.1 Å². The first-order valence-electron chi connectivity index (χ1n) is 11.5. The maximum absolute atomic E-state index is 9.28. The zero-order valence-corrected chi connectivity index (χ0v) is 18.6. The third kappa shape index (κ3) is 6.43. The van der Waals surface area contributed by atoms with Crippen molar-refractivity contribution >= 4 is 6.29 Å². The fraction of sp³-hybridized carbons (Fsp3) is 0.708. The van der Waals surface area contributed by atoms with Crippen molar-refractivity contribution in [3.63, 3.8) is 0 Å². The average Bonchev–Trinajstić information content (AvgIpc) is 3.28. The monoisotopic (exact) mass is 418 g/mol. The second-order valence-corrected chi connectivity index (χ2v) is 8.61. The van der Waals surface area contributed by atoms with E-state index < -0.39 is 0 Å². The van der Waals surface area contributed by atoms with E-state index in [0.29, 0.717) is 19.0 Å². The van der Waals surface area contributed by atoms with Gasteiger partial charge in [0.15, 0.2) is 11.5 Å². The van der Waals surface area contributed by atoms with Gasteiger partial charge in [0.25, 0.3) is 0 Å². The lowest BCUT2D eigenvalue weighted by molar-refractivity contribution is -0.110. The first-order valence-corrected chi connectivity index (χ1v) is 11.5. The van der Waals surface area contributed by atoms with Gasteiger partial charge < -0.3 is 29.2 Å². The number of ether oxygens (including phenoxy) is 3. The molecule has 4 rings (SSSR count). The third-order valence-corrected chi connectivity index (χ3v) is 6.80. The van der Waals surface area contributed by atoms with E-state index in [1.807, 2.05) is 6.07 Å². The molecule has 0 radical (unpaired) electrons. The Kier molecular flexibility index (Phi) is 9.43. The van der Waals surface area contributed by atoms with Crippen molar-refractivity contribution < 1.29 is 19.0 Å².